The van der Waals surface area contributed by atoms with Gasteiger partial charge in [-0.05, 0) is 13.0 Å². The molecule has 2 rings (SSSR count). The van der Waals surface area contributed by atoms with Crippen molar-refractivity contribution < 1.29 is 9.21 Å². The van der Waals surface area contributed by atoms with Gasteiger partial charge in [-0.15, -0.1) is 12.4 Å². The summed E-state index contributed by atoms with van der Waals surface area (Å²) in [6.45, 7) is 5.13. The maximum absolute atomic E-state index is 11.9. The standard InChI is InChI=1S/C10H14N2O2.ClH/c1-8-9(2-7-14-8)10(13)12-5-3-11-4-6-12;/h2,7,11H,3-6H2,1H3;1H. The van der Waals surface area contributed by atoms with E-state index >= 15 is 0 Å². The van der Waals surface area contributed by atoms with Crippen LogP contribution in [0.1, 0.15) is 16.1 Å². The predicted molar refractivity (Wildman–Crippen MR) is 59.5 cm³/mol. The van der Waals surface area contributed by atoms with Gasteiger partial charge in [-0.1, -0.05) is 0 Å². The number of hydrogen-bond donors (Lipinski definition) is 1. The van der Waals surface area contributed by atoms with E-state index in [4.69, 9.17) is 4.42 Å². The number of nitrogens with one attached hydrogen (secondary N) is 1. The summed E-state index contributed by atoms with van der Waals surface area (Å²) in [5, 5.41) is 3.21. The van der Waals surface area contributed by atoms with Crippen LogP contribution in [-0.2, 0) is 0 Å². The first-order chi connectivity index (χ1) is 6.79. The van der Waals surface area contributed by atoms with Crippen LogP contribution in [0.25, 0.3) is 0 Å². The van der Waals surface area contributed by atoms with Crippen LogP contribution in [0.2, 0.25) is 0 Å². The molecule has 0 atom stereocenters. The van der Waals surface area contributed by atoms with Crippen LogP contribution < -0.4 is 5.32 Å². The number of amides is 1. The molecule has 1 aromatic rings. The van der Waals surface area contributed by atoms with Gasteiger partial charge in [0, 0.05) is 26.2 Å². The summed E-state index contributed by atoms with van der Waals surface area (Å²) < 4.78 is 5.11. The Morgan fingerprint density at radius 1 is 1.47 bits per heavy atom. The van der Waals surface area contributed by atoms with Gasteiger partial charge < -0.3 is 14.6 Å². The van der Waals surface area contributed by atoms with Gasteiger partial charge in [0.25, 0.3) is 5.91 Å². The first kappa shape index (κ1) is 12.1. The van der Waals surface area contributed by atoms with Crippen molar-refractivity contribution in [3.8, 4) is 0 Å². The molecule has 1 aromatic heterocycles. The van der Waals surface area contributed by atoms with E-state index in [-0.39, 0.29) is 18.3 Å². The zero-order chi connectivity index (χ0) is 9.97. The third-order valence-electron chi connectivity index (χ3n) is 2.49. The van der Waals surface area contributed by atoms with Crippen LogP contribution in [-0.4, -0.2) is 37.0 Å². The molecule has 1 N–H and O–H groups in total. The second kappa shape index (κ2) is 5.19. The molecule has 0 saturated carbocycles. The summed E-state index contributed by atoms with van der Waals surface area (Å²) in [7, 11) is 0. The zero-order valence-electron chi connectivity index (χ0n) is 8.66. The normalized spacial score (nSPS) is 15.9. The van der Waals surface area contributed by atoms with Gasteiger partial charge in [-0.2, -0.15) is 0 Å². The molecule has 1 amide bonds. The Hall–Kier alpha value is -1.00. The Morgan fingerprint density at radius 2 is 2.13 bits per heavy atom. The molecule has 1 aliphatic heterocycles. The highest BCUT2D eigenvalue weighted by molar-refractivity contribution is 5.95. The van der Waals surface area contributed by atoms with Crippen LogP contribution in [0.4, 0.5) is 0 Å². The topological polar surface area (TPSA) is 45.5 Å². The maximum Gasteiger partial charge on any atom is 0.257 e. The Bertz CT molecular complexity index is 332. The van der Waals surface area contributed by atoms with Crippen LogP contribution in [0.3, 0.4) is 0 Å². The lowest BCUT2D eigenvalue weighted by atomic mass is 10.2. The molecule has 0 spiro atoms. The average molecular weight is 231 g/mol. The fourth-order valence-corrected chi connectivity index (χ4v) is 1.65. The summed E-state index contributed by atoms with van der Waals surface area (Å²) >= 11 is 0. The van der Waals surface area contributed by atoms with E-state index in [0.29, 0.717) is 11.3 Å². The number of halogens is 1. The fourth-order valence-electron chi connectivity index (χ4n) is 1.65. The Labute approximate surface area is 95.0 Å². The van der Waals surface area contributed by atoms with Gasteiger partial charge in [-0.3, -0.25) is 4.79 Å². The molecule has 4 nitrogen and oxygen atoms in total. The third kappa shape index (κ3) is 2.52. The van der Waals surface area contributed by atoms with E-state index in [9.17, 15) is 4.79 Å². The van der Waals surface area contributed by atoms with E-state index in [1.807, 2.05) is 11.8 Å². The van der Waals surface area contributed by atoms with E-state index in [2.05, 4.69) is 5.32 Å². The van der Waals surface area contributed by atoms with Gasteiger partial charge in [0.2, 0.25) is 0 Å². The first-order valence-corrected chi connectivity index (χ1v) is 4.83. The molecule has 5 heteroatoms. The van der Waals surface area contributed by atoms with E-state index in [1.54, 1.807) is 12.3 Å². The molecule has 2 heterocycles. The van der Waals surface area contributed by atoms with Gasteiger partial charge in [-0.25, -0.2) is 0 Å². The molecule has 0 bridgehead atoms. The van der Waals surface area contributed by atoms with Crippen LogP contribution >= 0.6 is 12.4 Å². The van der Waals surface area contributed by atoms with Crippen LogP contribution in [0.5, 0.6) is 0 Å². The molecule has 1 fully saturated rings. The highest BCUT2D eigenvalue weighted by Crippen LogP contribution is 2.12. The SMILES string of the molecule is Cc1occc1C(=O)N1CCNCC1.Cl. The third-order valence-corrected chi connectivity index (χ3v) is 2.49. The Balaban J connectivity index is 0.00000112. The lowest BCUT2D eigenvalue weighted by Gasteiger charge is -2.27. The average Bonchev–Trinajstić information content (AvgIpc) is 2.65. The van der Waals surface area contributed by atoms with Crippen LogP contribution in [0, 0.1) is 6.92 Å². The largest absolute Gasteiger partial charge is 0.469 e. The number of piperazine rings is 1. The predicted octanol–water partition coefficient (Wildman–Crippen LogP) is 1.06. The second-order valence-corrected chi connectivity index (χ2v) is 3.43. The number of rotatable bonds is 1. The van der Waals surface area contributed by atoms with Crippen molar-refractivity contribution in [3.63, 3.8) is 0 Å². The Kier molecular flexibility index (Phi) is 4.17. The monoisotopic (exact) mass is 230 g/mol. The Morgan fingerprint density at radius 3 is 2.67 bits per heavy atom. The quantitative estimate of drug-likeness (QED) is 0.785. The van der Waals surface area contributed by atoms with Crippen LogP contribution in [0.15, 0.2) is 16.7 Å². The van der Waals surface area contributed by atoms with E-state index < -0.39 is 0 Å². The molecular formula is C10H15ClN2O2. The van der Waals surface area contributed by atoms with Crippen molar-refractivity contribution in [2.24, 2.45) is 0 Å². The summed E-state index contributed by atoms with van der Waals surface area (Å²) in [6, 6.07) is 1.74. The zero-order valence-corrected chi connectivity index (χ0v) is 9.47. The number of furan rings is 1. The molecule has 1 aliphatic rings. The van der Waals surface area contributed by atoms with Crippen molar-refractivity contribution in [2.45, 2.75) is 6.92 Å². The van der Waals surface area contributed by atoms with Crippen molar-refractivity contribution in [2.75, 3.05) is 26.2 Å². The summed E-state index contributed by atoms with van der Waals surface area (Å²) in [4.78, 5) is 13.8. The first-order valence-electron chi connectivity index (χ1n) is 4.83. The molecule has 0 aliphatic carbocycles. The number of carbonyl (C=O) groups is 1. The molecule has 84 valence electrons. The molecule has 15 heavy (non-hydrogen) atoms. The summed E-state index contributed by atoms with van der Waals surface area (Å²) in [6.07, 6.45) is 1.56. The molecular weight excluding hydrogens is 216 g/mol. The number of hydrogen-bond acceptors (Lipinski definition) is 3. The minimum Gasteiger partial charge on any atom is -0.469 e. The van der Waals surface area contributed by atoms with Gasteiger partial charge in [0.1, 0.15) is 5.76 Å². The van der Waals surface area contributed by atoms with E-state index in [0.717, 1.165) is 26.2 Å². The second-order valence-electron chi connectivity index (χ2n) is 3.43. The highest BCUT2D eigenvalue weighted by Gasteiger charge is 2.20. The molecule has 1 saturated heterocycles. The van der Waals surface area contributed by atoms with E-state index in [1.165, 1.54) is 0 Å². The van der Waals surface area contributed by atoms with Crippen molar-refractivity contribution in [1.29, 1.82) is 0 Å². The molecule has 0 aromatic carbocycles. The smallest absolute Gasteiger partial charge is 0.257 e. The minimum absolute atomic E-state index is 0. The number of nitrogens with zero attached hydrogens (tertiary/aromatic N) is 1. The maximum atomic E-state index is 11.9. The van der Waals surface area contributed by atoms with Gasteiger partial charge >= 0.3 is 0 Å². The van der Waals surface area contributed by atoms with Crippen molar-refractivity contribution in [1.82, 2.24) is 10.2 Å². The summed E-state index contributed by atoms with van der Waals surface area (Å²) in [5.41, 5.74) is 0.687. The van der Waals surface area contributed by atoms with Gasteiger partial charge in [0.05, 0.1) is 11.8 Å². The number of carbonyl (C=O) groups excluding carboxylic acids is 1. The minimum atomic E-state index is 0. The summed E-state index contributed by atoms with van der Waals surface area (Å²) in [5.74, 6) is 0.784. The fraction of sp³-hybridized carbons (Fsp3) is 0.500. The lowest BCUT2D eigenvalue weighted by Crippen LogP contribution is -2.46. The molecule has 0 radical (unpaired) electrons. The highest BCUT2D eigenvalue weighted by atomic mass is 35.5. The lowest BCUT2D eigenvalue weighted by molar-refractivity contribution is 0.0734. The van der Waals surface area contributed by atoms with Crippen molar-refractivity contribution >= 4 is 18.3 Å². The number of aryl methyl sites for hydroxylation is 1. The van der Waals surface area contributed by atoms with Crippen molar-refractivity contribution in [3.05, 3.63) is 23.7 Å². The molecule has 0 unspecified atom stereocenters. The van der Waals surface area contributed by atoms with Gasteiger partial charge in [0.15, 0.2) is 0 Å².